The zero-order valence-corrected chi connectivity index (χ0v) is 20.2. The topological polar surface area (TPSA) is 102 Å². The molecule has 1 N–H and O–H groups in total. The second-order valence-electron chi connectivity index (χ2n) is 9.74. The van der Waals surface area contributed by atoms with Gasteiger partial charge in [0.15, 0.2) is 0 Å². The molecular weight excluding hydrogens is 462 g/mol. The van der Waals surface area contributed by atoms with Gasteiger partial charge < -0.3 is 28.8 Å². The summed E-state index contributed by atoms with van der Waals surface area (Å²) >= 11 is 0. The number of carboxylic acid groups (broad SMARTS) is 1. The van der Waals surface area contributed by atoms with Gasteiger partial charge >= 0.3 is 5.97 Å². The number of aromatic carboxylic acids is 1. The van der Waals surface area contributed by atoms with E-state index in [9.17, 15) is 9.90 Å². The first-order valence-corrected chi connectivity index (χ1v) is 12.6. The summed E-state index contributed by atoms with van der Waals surface area (Å²) in [6, 6.07) is 11.1. The Labute approximate surface area is 209 Å². The van der Waals surface area contributed by atoms with E-state index in [-0.39, 0.29) is 11.7 Å². The first-order chi connectivity index (χ1) is 17.6. The summed E-state index contributed by atoms with van der Waals surface area (Å²) in [5.74, 6) is 2.09. The fourth-order valence-electron chi connectivity index (χ4n) is 4.84. The first kappa shape index (κ1) is 23.2. The molecule has 5 heterocycles. The van der Waals surface area contributed by atoms with Crippen molar-refractivity contribution in [3.8, 4) is 5.88 Å². The lowest BCUT2D eigenvalue weighted by Gasteiger charge is -2.35. The van der Waals surface area contributed by atoms with Crippen LogP contribution in [0.2, 0.25) is 0 Å². The molecule has 1 aromatic carbocycles. The second-order valence-corrected chi connectivity index (χ2v) is 9.74. The van der Waals surface area contributed by atoms with Gasteiger partial charge in [0.2, 0.25) is 5.88 Å². The Morgan fingerprint density at radius 2 is 1.94 bits per heavy atom. The summed E-state index contributed by atoms with van der Waals surface area (Å²) in [5, 5.41) is 9.46. The second kappa shape index (κ2) is 10.0. The number of ether oxygens (including phenoxy) is 3. The SMILES string of the molecule is O=C(O)c1ccc2nc(CN3CCN(c4cccc(OCC5COC5)n4)CC3)n(CC3CCO3)c2c1. The highest BCUT2D eigenvalue weighted by molar-refractivity contribution is 5.92. The largest absolute Gasteiger partial charge is 0.478 e. The monoisotopic (exact) mass is 493 g/mol. The number of carbonyl (C=O) groups is 1. The van der Waals surface area contributed by atoms with Crippen molar-refractivity contribution in [1.82, 2.24) is 19.4 Å². The third-order valence-electron chi connectivity index (χ3n) is 7.20. The molecule has 10 nitrogen and oxygen atoms in total. The molecule has 0 bridgehead atoms. The van der Waals surface area contributed by atoms with Crippen LogP contribution in [0.5, 0.6) is 5.88 Å². The van der Waals surface area contributed by atoms with Crippen LogP contribution in [-0.4, -0.2) is 89.2 Å². The molecule has 2 aromatic heterocycles. The van der Waals surface area contributed by atoms with Crippen molar-refractivity contribution >= 4 is 22.8 Å². The summed E-state index contributed by atoms with van der Waals surface area (Å²) in [4.78, 5) is 25.8. The summed E-state index contributed by atoms with van der Waals surface area (Å²) in [5.41, 5.74) is 1.95. The number of hydrogen-bond donors (Lipinski definition) is 1. The number of piperazine rings is 1. The average molecular weight is 494 g/mol. The van der Waals surface area contributed by atoms with Crippen LogP contribution >= 0.6 is 0 Å². The Morgan fingerprint density at radius 3 is 2.64 bits per heavy atom. The highest BCUT2D eigenvalue weighted by atomic mass is 16.5. The van der Waals surface area contributed by atoms with Gasteiger partial charge in [0.1, 0.15) is 11.6 Å². The Bertz CT molecular complexity index is 1230. The van der Waals surface area contributed by atoms with Crippen molar-refractivity contribution in [2.75, 3.05) is 57.5 Å². The molecule has 1 atom stereocenters. The maximum absolute atomic E-state index is 11.5. The third-order valence-corrected chi connectivity index (χ3v) is 7.20. The van der Waals surface area contributed by atoms with Gasteiger partial charge in [-0.3, -0.25) is 4.90 Å². The molecule has 6 rings (SSSR count). The smallest absolute Gasteiger partial charge is 0.335 e. The molecule has 3 aromatic rings. The number of anilines is 1. The van der Waals surface area contributed by atoms with Crippen LogP contribution in [0.4, 0.5) is 5.82 Å². The molecule has 190 valence electrons. The van der Waals surface area contributed by atoms with Gasteiger partial charge in [-0.15, -0.1) is 0 Å². The Kier molecular flexibility index (Phi) is 6.47. The number of imidazole rings is 1. The van der Waals surface area contributed by atoms with Gasteiger partial charge in [-0.2, -0.15) is 4.98 Å². The molecule has 0 spiro atoms. The lowest BCUT2D eigenvalue weighted by Crippen LogP contribution is -2.46. The molecular formula is C26H31N5O5. The van der Waals surface area contributed by atoms with Crippen LogP contribution < -0.4 is 9.64 Å². The molecule has 3 aliphatic heterocycles. The Balaban J connectivity index is 1.12. The number of pyridine rings is 1. The molecule has 3 aliphatic rings. The van der Waals surface area contributed by atoms with Crippen LogP contribution in [0.15, 0.2) is 36.4 Å². The number of nitrogens with zero attached hydrogens (tertiary/aromatic N) is 5. The van der Waals surface area contributed by atoms with E-state index in [4.69, 9.17) is 24.2 Å². The summed E-state index contributed by atoms with van der Waals surface area (Å²) in [6.07, 6.45) is 1.17. The van der Waals surface area contributed by atoms with Crippen LogP contribution in [-0.2, 0) is 22.6 Å². The zero-order valence-electron chi connectivity index (χ0n) is 20.2. The molecule has 0 radical (unpaired) electrons. The molecule has 1 unspecified atom stereocenters. The van der Waals surface area contributed by atoms with E-state index in [1.54, 1.807) is 18.2 Å². The van der Waals surface area contributed by atoms with E-state index in [2.05, 4.69) is 14.4 Å². The standard InChI is InChI=1S/C26H31N5O5/c32-26(33)19-4-5-21-22(12-19)31(13-20-6-11-35-20)24(27-21)14-29-7-9-30(10-8-29)23-2-1-3-25(28-23)36-17-18-15-34-16-18/h1-5,12,18,20H,6-11,13-17H2,(H,32,33). The molecule has 0 aliphatic carbocycles. The van der Waals surface area contributed by atoms with Gasteiger partial charge in [0.05, 0.1) is 55.6 Å². The minimum Gasteiger partial charge on any atom is -0.478 e. The number of rotatable bonds is 9. The van der Waals surface area contributed by atoms with Gasteiger partial charge in [-0.25, -0.2) is 9.78 Å². The van der Waals surface area contributed by atoms with Crippen LogP contribution in [0, 0.1) is 5.92 Å². The highest BCUT2D eigenvalue weighted by Gasteiger charge is 2.25. The normalized spacial score (nSPS) is 20.8. The van der Waals surface area contributed by atoms with Crippen molar-refractivity contribution in [3.05, 3.63) is 47.8 Å². The van der Waals surface area contributed by atoms with Crippen molar-refractivity contribution in [2.24, 2.45) is 5.92 Å². The van der Waals surface area contributed by atoms with Gasteiger partial charge in [-0.05, 0) is 30.7 Å². The molecule has 36 heavy (non-hydrogen) atoms. The Morgan fingerprint density at radius 1 is 1.11 bits per heavy atom. The molecule has 0 saturated carbocycles. The van der Waals surface area contributed by atoms with E-state index in [0.717, 1.165) is 75.1 Å². The minimum atomic E-state index is -0.928. The lowest BCUT2D eigenvalue weighted by molar-refractivity contribution is -0.0592. The maximum atomic E-state index is 11.5. The number of aromatic nitrogens is 3. The molecule has 10 heteroatoms. The number of fused-ring (bicyclic) bond motifs is 1. The highest BCUT2D eigenvalue weighted by Crippen LogP contribution is 2.24. The summed E-state index contributed by atoms with van der Waals surface area (Å²) in [7, 11) is 0. The lowest BCUT2D eigenvalue weighted by atomic mass is 10.1. The predicted molar refractivity (Wildman–Crippen MR) is 133 cm³/mol. The summed E-state index contributed by atoms with van der Waals surface area (Å²) in [6.45, 7) is 7.86. The van der Waals surface area contributed by atoms with Gasteiger partial charge in [-0.1, -0.05) is 6.07 Å². The fraction of sp³-hybridized carbons (Fsp3) is 0.500. The molecule has 0 amide bonds. The average Bonchev–Trinajstić information content (AvgIpc) is 3.17. The number of carboxylic acids is 1. The first-order valence-electron chi connectivity index (χ1n) is 12.6. The zero-order chi connectivity index (χ0) is 24.5. The maximum Gasteiger partial charge on any atom is 0.335 e. The number of hydrogen-bond acceptors (Lipinski definition) is 8. The van der Waals surface area contributed by atoms with E-state index in [0.29, 0.717) is 31.5 Å². The van der Waals surface area contributed by atoms with E-state index < -0.39 is 5.97 Å². The van der Waals surface area contributed by atoms with Gasteiger partial charge in [0, 0.05) is 44.8 Å². The quantitative estimate of drug-likeness (QED) is 0.481. The van der Waals surface area contributed by atoms with E-state index in [1.165, 1.54) is 0 Å². The third kappa shape index (κ3) is 4.88. The van der Waals surface area contributed by atoms with Crippen LogP contribution in [0.1, 0.15) is 22.6 Å². The van der Waals surface area contributed by atoms with Crippen molar-refractivity contribution in [2.45, 2.75) is 25.6 Å². The Hall–Kier alpha value is -3.21. The van der Waals surface area contributed by atoms with Crippen molar-refractivity contribution in [3.63, 3.8) is 0 Å². The summed E-state index contributed by atoms with van der Waals surface area (Å²) < 4.78 is 18.9. The molecule has 3 saturated heterocycles. The van der Waals surface area contributed by atoms with Crippen molar-refractivity contribution in [1.29, 1.82) is 0 Å². The van der Waals surface area contributed by atoms with Crippen LogP contribution in [0.25, 0.3) is 11.0 Å². The van der Waals surface area contributed by atoms with Crippen LogP contribution in [0.3, 0.4) is 0 Å². The predicted octanol–water partition coefficient (Wildman–Crippen LogP) is 2.27. The minimum absolute atomic E-state index is 0.156. The van der Waals surface area contributed by atoms with E-state index in [1.807, 2.05) is 18.2 Å². The van der Waals surface area contributed by atoms with Crippen molar-refractivity contribution < 1.29 is 24.1 Å². The number of benzene rings is 1. The van der Waals surface area contributed by atoms with E-state index >= 15 is 0 Å². The fourth-order valence-corrected chi connectivity index (χ4v) is 4.84. The molecule has 3 fully saturated rings. The van der Waals surface area contributed by atoms with Gasteiger partial charge in [0.25, 0.3) is 0 Å².